The molecule has 80 valence electrons. The molecule has 0 bridgehead atoms. The van der Waals surface area contributed by atoms with E-state index in [1.165, 1.54) is 0 Å². The Morgan fingerprint density at radius 3 is 1.85 bits per heavy atom. The van der Waals surface area contributed by atoms with E-state index in [1.807, 2.05) is 0 Å². The molecule has 2 heteroatoms. The topological polar surface area (TPSA) is 40.5 Å². The first-order valence-electron chi connectivity index (χ1n) is 5.43. The van der Waals surface area contributed by atoms with Gasteiger partial charge in [-0.1, -0.05) is 40.0 Å². The smallest absolute Gasteiger partial charge is 0.0567 e. The molecule has 0 amide bonds. The highest BCUT2D eigenvalue weighted by atomic mass is 16.3. The molecule has 2 nitrogen and oxygen atoms in total. The molecule has 13 heavy (non-hydrogen) atoms. The van der Waals surface area contributed by atoms with E-state index in [-0.39, 0.29) is 18.1 Å². The Balaban J connectivity index is 4.07. The Kier molecular flexibility index (Phi) is 6.35. The summed E-state index contributed by atoms with van der Waals surface area (Å²) in [5.41, 5.74) is 0.286. The predicted octanol–water partition coefficient (Wildman–Crippen LogP) is 2.34. The van der Waals surface area contributed by atoms with Gasteiger partial charge in [-0.2, -0.15) is 0 Å². The van der Waals surface area contributed by atoms with Crippen LogP contribution in [-0.4, -0.2) is 22.9 Å². The molecule has 1 atom stereocenters. The van der Waals surface area contributed by atoms with Crippen LogP contribution in [0.2, 0.25) is 0 Å². The predicted molar refractivity (Wildman–Crippen MR) is 55.6 cm³/mol. The van der Waals surface area contributed by atoms with E-state index < -0.39 is 0 Å². The summed E-state index contributed by atoms with van der Waals surface area (Å²) in [6, 6.07) is 0. The Morgan fingerprint density at radius 2 is 1.54 bits per heavy atom. The lowest BCUT2D eigenvalue weighted by Gasteiger charge is -2.32. The first-order chi connectivity index (χ1) is 6.14. The maximum atomic E-state index is 9.62. The minimum atomic E-state index is -0.329. The molecule has 0 aliphatic heterocycles. The van der Waals surface area contributed by atoms with Crippen LogP contribution < -0.4 is 0 Å². The van der Waals surface area contributed by atoms with Gasteiger partial charge in [0, 0.05) is 6.61 Å². The molecule has 0 aromatic rings. The summed E-state index contributed by atoms with van der Waals surface area (Å²) >= 11 is 0. The molecule has 0 rings (SSSR count). The largest absolute Gasteiger partial charge is 0.396 e. The van der Waals surface area contributed by atoms with E-state index >= 15 is 0 Å². The van der Waals surface area contributed by atoms with Crippen LogP contribution in [-0.2, 0) is 0 Å². The first kappa shape index (κ1) is 12.9. The van der Waals surface area contributed by atoms with Crippen LogP contribution in [0.3, 0.4) is 0 Å². The van der Waals surface area contributed by atoms with Crippen molar-refractivity contribution < 1.29 is 10.2 Å². The van der Waals surface area contributed by atoms with E-state index in [0.717, 1.165) is 25.7 Å². The van der Waals surface area contributed by atoms with Gasteiger partial charge < -0.3 is 10.2 Å². The number of hydrogen-bond acceptors (Lipinski definition) is 2. The summed E-state index contributed by atoms with van der Waals surface area (Å²) in [6.45, 7) is 6.63. The average molecular weight is 188 g/mol. The second kappa shape index (κ2) is 6.39. The summed E-state index contributed by atoms with van der Waals surface area (Å²) in [6.07, 6.45) is 4.36. The molecule has 0 fully saturated rings. The average Bonchev–Trinajstić information content (AvgIpc) is 2.15. The van der Waals surface area contributed by atoms with Crippen molar-refractivity contribution in [1.82, 2.24) is 0 Å². The van der Waals surface area contributed by atoms with Crippen LogP contribution in [0.25, 0.3) is 0 Å². The Hall–Kier alpha value is -0.0800. The van der Waals surface area contributed by atoms with Gasteiger partial charge in [0.25, 0.3) is 0 Å². The molecule has 0 heterocycles. The van der Waals surface area contributed by atoms with Gasteiger partial charge >= 0.3 is 0 Å². The van der Waals surface area contributed by atoms with E-state index in [0.29, 0.717) is 6.42 Å². The summed E-state index contributed by atoms with van der Waals surface area (Å²) < 4.78 is 0. The van der Waals surface area contributed by atoms with Crippen LogP contribution >= 0.6 is 0 Å². The minimum Gasteiger partial charge on any atom is -0.396 e. The lowest BCUT2D eigenvalue weighted by Crippen LogP contribution is -2.25. The molecule has 0 aromatic heterocycles. The van der Waals surface area contributed by atoms with Crippen LogP contribution in [0.5, 0.6) is 0 Å². The van der Waals surface area contributed by atoms with E-state index in [1.54, 1.807) is 0 Å². The van der Waals surface area contributed by atoms with E-state index in [9.17, 15) is 5.11 Å². The van der Waals surface area contributed by atoms with Crippen molar-refractivity contribution in [2.75, 3.05) is 6.61 Å². The standard InChI is InChI=1S/C11H24O2/c1-4-11(5-2,6-3)9-10(13)7-8-12/h10,12-13H,4-9H2,1-3H3. The molecule has 1 unspecified atom stereocenters. The van der Waals surface area contributed by atoms with E-state index in [4.69, 9.17) is 5.11 Å². The monoisotopic (exact) mass is 188 g/mol. The fourth-order valence-electron chi connectivity index (χ4n) is 1.93. The van der Waals surface area contributed by atoms with Gasteiger partial charge in [-0.15, -0.1) is 0 Å². The van der Waals surface area contributed by atoms with Crippen molar-refractivity contribution in [2.24, 2.45) is 5.41 Å². The first-order valence-corrected chi connectivity index (χ1v) is 5.43. The van der Waals surface area contributed by atoms with Gasteiger partial charge in [-0.25, -0.2) is 0 Å². The van der Waals surface area contributed by atoms with Crippen molar-refractivity contribution >= 4 is 0 Å². The molecule has 0 aromatic carbocycles. The SMILES string of the molecule is CCC(CC)(CC)CC(O)CCO. The van der Waals surface area contributed by atoms with Crippen molar-refractivity contribution in [3.05, 3.63) is 0 Å². The van der Waals surface area contributed by atoms with Gasteiger partial charge in [0.2, 0.25) is 0 Å². The summed E-state index contributed by atoms with van der Waals surface area (Å²) in [4.78, 5) is 0. The lowest BCUT2D eigenvalue weighted by molar-refractivity contribution is 0.0665. The van der Waals surface area contributed by atoms with Crippen molar-refractivity contribution in [1.29, 1.82) is 0 Å². The maximum absolute atomic E-state index is 9.62. The van der Waals surface area contributed by atoms with E-state index in [2.05, 4.69) is 20.8 Å². The lowest BCUT2D eigenvalue weighted by atomic mass is 9.75. The third-order valence-corrected chi connectivity index (χ3v) is 3.38. The molecule has 0 spiro atoms. The fraction of sp³-hybridized carbons (Fsp3) is 1.00. The second-order valence-electron chi connectivity index (χ2n) is 3.93. The highest BCUT2D eigenvalue weighted by molar-refractivity contribution is 4.78. The highest BCUT2D eigenvalue weighted by Gasteiger charge is 2.26. The number of rotatable bonds is 7. The highest BCUT2D eigenvalue weighted by Crippen LogP contribution is 2.35. The zero-order chi connectivity index (χ0) is 10.3. The molecular formula is C11H24O2. The van der Waals surface area contributed by atoms with Gasteiger partial charge in [-0.05, 0) is 18.3 Å². The quantitative estimate of drug-likeness (QED) is 0.644. The normalized spacial score (nSPS) is 14.5. The Morgan fingerprint density at radius 1 is 1.08 bits per heavy atom. The minimum absolute atomic E-state index is 0.0917. The number of aliphatic hydroxyl groups excluding tert-OH is 2. The van der Waals surface area contributed by atoms with Crippen molar-refractivity contribution in [3.63, 3.8) is 0 Å². The second-order valence-corrected chi connectivity index (χ2v) is 3.93. The molecule has 0 aliphatic rings. The van der Waals surface area contributed by atoms with Crippen molar-refractivity contribution in [2.45, 2.75) is 59.0 Å². The van der Waals surface area contributed by atoms with Gasteiger partial charge in [0.15, 0.2) is 0 Å². The van der Waals surface area contributed by atoms with Crippen molar-refractivity contribution in [3.8, 4) is 0 Å². The molecule has 0 radical (unpaired) electrons. The zero-order valence-corrected chi connectivity index (χ0v) is 9.21. The summed E-state index contributed by atoms with van der Waals surface area (Å²) in [7, 11) is 0. The maximum Gasteiger partial charge on any atom is 0.0567 e. The summed E-state index contributed by atoms with van der Waals surface area (Å²) in [5, 5.41) is 18.3. The van der Waals surface area contributed by atoms with Gasteiger partial charge in [0.1, 0.15) is 0 Å². The number of hydrogen-bond donors (Lipinski definition) is 2. The fourth-order valence-corrected chi connectivity index (χ4v) is 1.93. The van der Waals surface area contributed by atoms with Crippen LogP contribution in [0, 0.1) is 5.41 Å². The summed E-state index contributed by atoms with van der Waals surface area (Å²) in [5.74, 6) is 0. The van der Waals surface area contributed by atoms with Crippen LogP contribution in [0.15, 0.2) is 0 Å². The van der Waals surface area contributed by atoms with Crippen LogP contribution in [0.4, 0.5) is 0 Å². The molecule has 0 aliphatic carbocycles. The molecule has 2 N–H and O–H groups in total. The van der Waals surface area contributed by atoms with Gasteiger partial charge in [-0.3, -0.25) is 0 Å². The number of aliphatic hydroxyl groups is 2. The Labute approximate surface area is 82.0 Å². The van der Waals surface area contributed by atoms with Crippen LogP contribution in [0.1, 0.15) is 52.9 Å². The zero-order valence-electron chi connectivity index (χ0n) is 9.21. The Bertz CT molecular complexity index is 111. The molecule has 0 saturated heterocycles. The third-order valence-electron chi connectivity index (χ3n) is 3.38. The molecule has 0 saturated carbocycles. The third kappa shape index (κ3) is 4.10. The molecular weight excluding hydrogens is 164 g/mol. The van der Waals surface area contributed by atoms with Gasteiger partial charge in [0.05, 0.1) is 6.10 Å².